The maximum atomic E-state index is 14.6. The number of ketones is 1. The third kappa shape index (κ3) is 3.09. The van der Waals surface area contributed by atoms with Crippen molar-refractivity contribution in [2.45, 2.75) is 30.3 Å². The summed E-state index contributed by atoms with van der Waals surface area (Å²) in [6.45, 7) is 0.717. The van der Waals surface area contributed by atoms with Gasteiger partial charge in [0.2, 0.25) is 12.7 Å². The number of hydrogen-bond acceptors (Lipinski definition) is 7. The fraction of sp³-hybridized carbons (Fsp3) is 0.286. The summed E-state index contributed by atoms with van der Waals surface area (Å²) in [4.78, 5) is 41.7. The highest BCUT2D eigenvalue weighted by molar-refractivity contribution is 6.31. The van der Waals surface area contributed by atoms with Gasteiger partial charge in [-0.3, -0.25) is 24.6 Å². The largest absolute Gasteiger partial charge is 0.454 e. The van der Waals surface area contributed by atoms with Crippen LogP contribution >= 0.6 is 11.6 Å². The first-order chi connectivity index (χ1) is 18.4. The first-order valence-electron chi connectivity index (χ1n) is 12.5. The molecule has 4 heterocycles. The number of fused-ring (bicyclic) bond motifs is 5. The van der Waals surface area contributed by atoms with E-state index >= 15 is 0 Å². The molecule has 0 saturated carbocycles. The number of nitrogens with zero attached hydrogens (tertiary/aromatic N) is 2. The Kier molecular flexibility index (Phi) is 5.05. The topological polar surface area (TPSA) is 111 Å². The molecule has 1 N–H and O–H groups in total. The van der Waals surface area contributed by atoms with Crippen molar-refractivity contribution in [1.29, 1.82) is 0 Å². The Morgan fingerprint density at radius 3 is 2.66 bits per heavy atom. The van der Waals surface area contributed by atoms with Crippen molar-refractivity contribution in [3.63, 3.8) is 0 Å². The maximum Gasteiger partial charge on any atom is 0.269 e. The molecular formula is C28H22ClN3O6. The first kappa shape index (κ1) is 23.2. The third-order valence-corrected chi connectivity index (χ3v) is 8.63. The normalized spacial score (nSPS) is 26.9. The molecule has 192 valence electrons. The Bertz CT molecular complexity index is 1530. The second-order valence-electron chi connectivity index (χ2n) is 10.1. The number of benzene rings is 3. The molecule has 3 aromatic rings. The van der Waals surface area contributed by atoms with E-state index in [1.807, 2.05) is 0 Å². The summed E-state index contributed by atoms with van der Waals surface area (Å²) >= 11 is 6.45. The minimum atomic E-state index is -1.28. The molecule has 1 amide bonds. The van der Waals surface area contributed by atoms with Gasteiger partial charge in [0.25, 0.3) is 5.69 Å². The number of halogens is 1. The summed E-state index contributed by atoms with van der Waals surface area (Å²) in [6, 6.07) is 16.6. The Morgan fingerprint density at radius 2 is 1.87 bits per heavy atom. The van der Waals surface area contributed by atoms with Gasteiger partial charge in [-0.25, -0.2) is 0 Å². The van der Waals surface area contributed by atoms with E-state index in [0.717, 1.165) is 18.4 Å². The molecule has 3 aromatic carbocycles. The van der Waals surface area contributed by atoms with Crippen LogP contribution in [0.25, 0.3) is 0 Å². The smallest absolute Gasteiger partial charge is 0.269 e. The van der Waals surface area contributed by atoms with Crippen LogP contribution in [0.5, 0.6) is 11.5 Å². The second kappa shape index (κ2) is 8.28. The lowest BCUT2D eigenvalue weighted by atomic mass is 9.68. The Balaban J connectivity index is 1.45. The fourth-order valence-corrected chi connectivity index (χ4v) is 7.13. The zero-order valence-electron chi connectivity index (χ0n) is 20.1. The van der Waals surface area contributed by atoms with E-state index in [1.54, 1.807) is 48.5 Å². The molecule has 4 atom stereocenters. The number of hydrogen-bond donors (Lipinski definition) is 1. The molecule has 7 rings (SSSR count). The number of rotatable bonds is 4. The van der Waals surface area contributed by atoms with Crippen LogP contribution in [-0.2, 0) is 10.3 Å². The van der Waals surface area contributed by atoms with E-state index < -0.39 is 16.4 Å². The van der Waals surface area contributed by atoms with E-state index in [0.29, 0.717) is 39.9 Å². The molecule has 0 bridgehead atoms. The zero-order chi connectivity index (χ0) is 26.2. The number of nitro groups is 1. The molecule has 10 heteroatoms. The highest BCUT2D eigenvalue weighted by Crippen LogP contribution is 2.61. The monoisotopic (exact) mass is 531 g/mol. The number of carbonyl (C=O) groups is 2. The lowest BCUT2D eigenvalue weighted by molar-refractivity contribution is -0.384. The molecule has 2 saturated heterocycles. The maximum absolute atomic E-state index is 14.6. The molecule has 4 aliphatic rings. The van der Waals surface area contributed by atoms with Gasteiger partial charge in [-0.2, -0.15) is 0 Å². The zero-order valence-corrected chi connectivity index (χ0v) is 20.8. The molecule has 1 spiro atoms. The predicted molar refractivity (Wildman–Crippen MR) is 138 cm³/mol. The molecule has 0 aliphatic carbocycles. The summed E-state index contributed by atoms with van der Waals surface area (Å²) in [5, 5.41) is 14.8. The van der Waals surface area contributed by atoms with Gasteiger partial charge in [-0.1, -0.05) is 23.7 Å². The third-order valence-electron chi connectivity index (χ3n) is 8.39. The number of ether oxygens (including phenoxy) is 2. The Labute approximate surface area is 222 Å². The number of carbonyl (C=O) groups excluding carboxylic acids is 2. The molecule has 2 fully saturated rings. The highest BCUT2D eigenvalue weighted by Gasteiger charge is 2.69. The molecule has 0 aromatic heterocycles. The number of amides is 1. The number of nitrogens with one attached hydrogen (secondary N) is 1. The van der Waals surface area contributed by atoms with E-state index in [1.165, 1.54) is 12.1 Å². The van der Waals surface area contributed by atoms with Gasteiger partial charge in [0, 0.05) is 45.9 Å². The second-order valence-corrected chi connectivity index (χ2v) is 10.5. The van der Waals surface area contributed by atoms with Crippen LogP contribution in [0.3, 0.4) is 0 Å². The van der Waals surface area contributed by atoms with Crippen molar-refractivity contribution in [2.24, 2.45) is 5.92 Å². The van der Waals surface area contributed by atoms with Crippen LogP contribution in [0.15, 0.2) is 60.7 Å². The molecule has 0 radical (unpaired) electrons. The van der Waals surface area contributed by atoms with Crippen LogP contribution in [-0.4, -0.2) is 40.9 Å². The summed E-state index contributed by atoms with van der Waals surface area (Å²) in [7, 11) is 0. The van der Waals surface area contributed by atoms with Gasteiger partial charge >= 0.3 is 0 Å². The molecular weight excluding hydrogens is 510 g/mol. The van der Waals surface area contributed by atoms with Gasteiger partial charge in [0.15, 0.2) is 17.3 Å². The van der Waals surface area contributed by atoms with Crippen LogP contribution in [0, 0.1) is 16.0 Å². The molecule has 3 unspecified atom stereocenters. The van der Waals surface area contributed by atoms with Gasteiger partial charge < -0.3 is 14.8 Å². The molecule has 9 nitrogen and oxygen atoms in total. The fourth-order valence-electron chi connectivity index (χ4n) is 6.95. The van der Waals surface area contributed by atoms with Crippen molar-refractivity contribution < 1.29 is 24.0 Å². The average molecular weight is 532 g/mol. The molecule has 4 aliphatic heterocycles. The van der Waals surface area contributed by atoms with Gasteiger partial charge in [0.1, 0.15) is 5.54 Å². The lowest BCUT2D eigenvalue weighted by Crippen LogP contribution is -2.52. The average Bonchev–Trinajstić information content (AvgIpc) is 3.68. The van der Waals surface area contributed by atoms with E-state index in [4.69, 9.17) is 21.1 Å². The SMILES string of the molecule is O=C(c1ccc2c(c1)OCO2)C1C(c2ccc([N+](=O)[O-])cc2)C2CCCN2[C@@]12C(=O)Nc1ccc(Cl)cc12. The van der Waals surface area contributed by atoms with Crippen LogP contribution in [0.4, 0.5) is 11.4 Å². The summed E-state index contributed by atoms with van der Waals surface area (Å²) in [5.41, 5.74) is 1.21. The predicted octanol–water partition coefficient (Wildman–Crippen LogP) is 4.89. The van der Waals surface area contributed by atoms with Crippen molar-refractivity contribution in [2.75, 3.05) is 18.7 Å². The number of nitro benzene ring substituents is 1. The first-order valence-corrected chi connectivity index (χ1v) is 12.8. The van der Waals surface area contributed by atoms with Gasteiger partial charge in [-0.15, -0.1) is 0 Å². The van der Waals surface area contributed by atoms with E-state index in [9.17, 15) is 19.7 Å². The standard InChI is InChI=1S/C28H22ClN3O6/c29-17-6-9-20-19(13-17)28(27(34)30-20)25(26(33)16-5-10-22-23(12-16)38-14-37-22)24(21-2-1-11-31(21)28)15-3-7-18(8-4-15)32(35)36/h3-10,12-13,21,24-25H,1-2,11,14H2,(H,30,34)/t21?,24?,25?,28-/m1/s1. The van der Waals surface area contributed by atoms with Crippen molar-refractivity contribution in [1.82, 2.24) is 4.90 Å². The Morgan fingerprint density at radius 1 is 1.08 bits per heavy atom. The highest BCUT2D eigenvalue weighted by atomic mass is 35.5. The number of anilines is 1. The van der Waals surface area contributed by atoms with E-state index in [2.05, 4.69) is 10.2 Å². The summed E-state index contributed by atoms with van der Waals surface area (Å²) in [6.07, 6.45) is 1.65. The Hall–Kier alpha value is -3.95. The summed E-state index contributed by atoms with van der Waals surface area (Å²) in [5.74, 6) is -0.615. The van der Waals surface area contributed by atoms with Crippen LogP contribution in [0.1, 0.15) is 40.2 Å². The van der Waals surface area contributed by atoms with Gasteiger partial charge in [-0.05, 0) is 61.3 Å². The number of Topliss-reactive ketones (excluding diaryl/α,β-unsaturated/α-hetero) is 1. The minimum absolute atomic E-state index is 0.0286. The van der Waals surface area contributed by atoms with Gasteiger partial charge in [0.05, 0.1) is 10.8 Å². The summed E-state index contributed by atoms with van der Waals surface area (Å²) < 4.78 is 11.0. The minimum Gasteiger partial charge on any atom is -0.454 e. The van der Waals surface area contributed by atoms with Crippen LogP contribution < -0.4 is 14.8 Å². The van der Waals surface area contributed by atoms with Crippen molar-refractivity contribution >= 4 is 34.7 Å². The van der Waals surface area contributed by atoms with Crippen molar-refractivity contribution in [3.8, 4) is 11.5 Å². The number of non-ortho nitro benzene ring substituents is 1. The lowest BCUT2D eigenvalue weighted by Gasteiger charge is -2.37. The van der Waals surface area contributed by atoms with Crippen LogP contribution in [0.2, 0.25) is 5.02 Å². The van der Waals surface area contributed by atoms with Crippen molar-refractivity contribution in [3.05, 3.63) is 92.5 Å². The van der Waals surface area contributed by atoms with E-state index in [-0.39, 0.29) is 36.1 Å². The molecule has 38 heavy (non-hydrogen) atoms. The quantitative estimate of drug-likeness (QED) is 0.290.